The van der Waals surface area contributed by atoms with E-state index in [0.29, 0.717) is 17.5 Å². The molecule has 4 rings (SSSR count). The molecule has 1 aromatic heterocycles. The van der Waals surface area contributed by atoms with Crippen LogP contribution in [0, 0.1) is 0 Å². The van der Waals surface area contributed by atoms with Crippen LogP contribution in [0.25, 0.3) is 10.9 Å². The molecule has 0 spiro atoms. The van der Waals surface area contributed by atoms with Crippen LogP contribution in [-0.4, -0.2) is 52.6 Å². The number of rotatable bonds is 11. The van der Waals surface area contributed by atoms with Crippen LogP contribution in [0.1, 0.15) is 27.9 Å². The van der Waals surface area contributed by atoms with Gasteiger partial charge in [0.05, 0.1) is 12.0 Å². The van der Waals surface area contributed by atoms with Crippen LogP contribution in [0.3, 0.4) is 0 Å². The van der Waals surface area contributed by atoms with E-state index in [-0.39, 0.29) is 12.3 Å². The second-order valence-electron chi connectivity index (χ2n) is 9.38. The lowest BCUT2D eigenvalue weighted by Gasteiger charge is -2.27. The maximum absolute atomic E-state index is 13.5. The number of nitrogens with one attached hydrogen (secondary N) is 3. The molecule has 0 saturated heterocycles. The Morgan fingerprint density at radius 3 is 2.10 bits per heavy atom. The van der Waals surface area contributed by atoms with Crippen molar-refractivity contribution in [1.29, 1.82) is 0 Å². The van der Waals surface area contributed by atoms with Gasteiger partial charge in [-0.1, -0.05) is 78.9 Å². The molecule has 0 aliphatic rings. The van der Waals surface area contributed by atoms with Gasteiger partial charge in [0.25, 0.3) is 5.91 Å². The average molecular weight is 526 g/mol. The van der Waals surface area contributed by atoms with E-state index in [1.807, 2.05) is 72.8 Å². The summed E-state index contributed by atoms with van der Waals surface area (Å²) in [5.41, 5.74) is 8.28. The van der Waals surface area contributed by atoms with E-state index in [4.69, 9.17) is 5.73 Å². The van der Waals surface area contributed by atoms with Gasteiger partial charge in [-0.05, 0) is 17.2 Å². The van der Waals surface area contributed by atoms with Gasteiger partial charge in [-0.15, -0.1) is 0 Å². The summed E-state index contributed by atoms with van der Waals surface area (Å²) in [7, 11) is 1.67. The van der Waals surface area contributed by atoms with Gasteiger partial charge >= 0.3 is 0 Å². The summed E-state index contributed by atoms with van der Waals surface area (Å²) in [5.74, 6) is -2.29. The number of hydrogen-bond donors (Lipinski definition) is 4. The summed E-state index contributed by atoms with van der Waals surface area (Å²) < 4.78 is 0. The summed E-state index contributed by atoms with van der Waals surface area (Å²) in [6.45, 7) is 0.350. The number of primary amides is 1. The molecule has 5 N–H and O–H groups in total. The van der Waals surface area contributed by atoms with E-state index in [9.17, 15) is 19.2 Å². The minimum Gasteiger partial charge on any atom is -0.370 e. The molecule has 9 heteroatoms. The first-order valence-corrected chi connectivity index (χ1v) is 12.6. The van der Waals surface area contributed by atoms with Crippen molar-refractivity contribution in [2.24, 2.45) is 5.73 Å². The fourth-order valence-electron chi connectivity index (χ4n) is 4.43. The lowest BCUT2D eigenvalue weighted by Crippen LogP contribution is -2.55. The second-order valence-corrected chi connectivity index (χ2v) is 9.38. The molecule has 0 aliphatic carbocycles. The van der Waals surface area contributed by atoms with Crippen molar-refractivity contribution >= 4 is 34.5 Å². The maximum atomic E-state index is 13.5. The zero-order valence-electron chi connectivity index (χ0n) is 21.6. The Balaban J connectivity index is 1.53. The van der Waals surface area contributed by atoms with Gasteiger partial charge < -0.3 is 26.3 Å². The van der Waals surface area contributed by atoms with Gasteiger partial charge in [0, 0.05) is 37.1 Å². The van der Waals surface area contributed by atoms with Crippen LogP contribution in [0.2, 0.25) is 0 Å². The number of carbonyl (C=O) groups is 4. The predicted octanol–water partition coefficient (Wildman–Crippen LogP) is 2.53. The lowest BCUT2D eigenvalue weighted by molar-refractivity contribution is -0.136. The van der Waals surface area contributed by atoms with Gasteiger partial charge in [0.15, 0.2) is 0 Å². The number of nitrogens with zero attached hydrogens (tertiary/aromatic N) is 1. The summed E-state index contributed by atoms with van der Waals surface area (Å²) >= 11 is 0. The Hall–Kier alpha value is -4.92. The van der Waals surface area contributed by atoms with Crippen LogP contribution in [0.5, 0.6) is 0 Å². The number of H-pyrrole nitrogens is 1. The molecule has 0 radical (unpaired) electrons. The van der Waals surface area contributed by atoms with Crippen LogP contribution in [0.15, 0.2) is 91.1 Å². The Morgan fingerprint density at radius 2 is 1.44 bits per heavy atom. The highest BCUT2D eigenvalue weighted by atomic mass is 16.2. The summed E-state index contributed by atoms with van der Waals surface area (Å²) in [6.07, 6.45) is 1.34. The van der Waals surface area contributed by atoms with E-state index >= 15 is 0 Å². The molecule has 0 saturated carbocycles. The standard InChI is InChI=1S/C30H31N5O4/c1-35(19-21-12-6-3-7-13-21)30(39)26(16-20-10-4-2-5-11-20)34-29(38)25(17-27(31)36)33-28(37)23-18-32-24-15-9-8-14-22(23)24/h2-15,18,25-26,32H,16-17,19H2,1H3,(H2,31,36)(H,33,37)(H,34,38)/t25-,26-/m0/s1. The van der Waals surface area contributed by atoms with Crippen molar-refractivity contribution in [3.8, 4) is 0 Å². The Kier molecular flexibility index (Phi) is 8.73. The fraction of sp³-hybridized carbons (Fsp3) is 0.200. The highest BCUT2D eigenvalue weighted by Gasteiger charge is 2.30. The summed E-state index contributed by atoms with van der Waals surface area (Å²) in [5, 5.41) is 6.06. The molecule has 2 atom stereocenters. The molecule has 0 fully saturated rings. The first-order chi connectivity index (χ1) is 18.8. The molecule has 0 unspecified atom stereocenters. The Bertz CT molecular complexity index is 1450. The molecular formula is C30H31N5O4. The van der Waals surface area contributed by atoms with Gasteiger partial charge in [0.2, 0.25) is 17.7 Å². The smallest absolute Gasteiger partial charge is 0.254 e. The second kappa shape index (κ2) is 12.6. The van der Waals surface area contributed by atoms with Gasteiger partial charge in [-0.25, -0.2) is 0 Å². The number of aromatic nitrogens is 1. The largest absolute Gasteiger partial charge is 0.370 e. The van der Waals surface area contributed by atoms with Crippen molar-refractivity contribution in [1.82, 2.24) is 20.5 Å². The highest BCUT2D eigenvalue weighted by Crippen LogP contribution is 2.18. The molecule has 4 aromatic rings. The number of hydrogen-bond acceptors (Lipinski definition) is 4. The van der Waals surface area contributed by atoms with Crippen LogP contribution in [-0.2, 0) is 27.3 Å². The summed E-state index contributed by atoms with van der Waals surface area (Å²) in [4.78, 5) is 56.4. The third kappa shape index (κ3) is 7.10. The van der Waals surface area contributed by atoms with Gasteiger partial charge in [0.1, 0.15) is 12.1 Å². The molecule has 39 heavy (non-hydrogen) atoms. The molecule has 200 valence electrons. The molecule has 3 aromatic carbocycles. The fourth-order valence-corrected chi connectivity index (χ4v) is 4.43. The van der Waals surface area contributed by atoms with E-state index in [2.05, 4.69) is 15.6 Å². The first kappa shape index (κ1) is 27.1. The van der Waals surface area contributed by atoms with Crippen LogP contribution < -0.4 is 16.4 Å². The van der Waals surface area contributed by atoms with Crippen molar-refractivity contribution in [2.45, 2.75) is 31.5 Å². The Labute approximate surface area is 226 Å². The van der Waals surface area contributed by atoms with E-state index in [1.54, 1.807) is 25.4 Å². The average Bonchev–Trinajstić information content (AvgIpc) is 3.37. The third-order valence-electron chi connectivity index (χ3n) is 6.40. The number of fused-ring (bicyclic) bond motifs is 1. The normalized spacial score (nSPS) is 12.3. The summed E-state index contributed by atoms with van der Waals surface area (Å²) in [6, 6.07) is 23.8. The van der Waals surface area contributed by atoms with E-state index in [0.717, 1.165) is 16.6 Å². The van der Waals surface area contributed by atoms with E-state index in [1.165, 1.54) is 4.90 Å². The van der Waals surface area contributed by atoms with Crippen molar-refractivity contribution in [2.75, 3.05) is 7.05 Å². The molecule has 9 nitrogen and oxygen atoms in total. The number of nitrogens with two attached hydrogens (primary N) is 1. The van der Waals surface area contributed by atoms with Gasteiger partial charge in [-0.3, -0.25) is 19.2 Å². The predicted molar refractivity (Wildman–Crippen MR) is 148 cm³/mol. The lowest BCUT2D eigenvalue weighted by atomic mass is 10.0. The molecular weight excluding hydrogens is 494 g/mol. The number of para-hydroxylation sites is 1. The van der Waals surface area contributed by atoms with Crippen molar-refractivity contribution in [3.63, 3.8) is 0 Å². The van der Waals surface area contributed by atoms with Crippen molar-refractivity contribution in [3.05, 3.63) is 108 Å². The maximum Gasteiger partial charge on any atom is 0.254 e. The number of aromatic amines is 1. The van der Waals surface area contributed by atoms with Crippen LogP contribution >= 0.6 is 0 Å². The van der Waals surface area contributed by atoms with Crippen molar-refractivity contribution < 1.29 is 19.2 Å². The zero-order chi connectivity index (χ0) is 27.8. The third-order valence-corrected chi connectivity index (χ3v) is 6.40. The quantitative estimate of drug-likeness (QED) is 0.239. The Morgan fingerprint density at radius 1 is 0.821 bits per heavy atom. The zero-order valence-corrected chi connectivity index (χ0v) is 21.6. The topological polar surface area (TPSA) is 137 Å². The number of carbonyl (C=O) groups excluding carboxylic acids is 4. The minimum absolute atomic E-state index is 0.226. The molecule has 0 bridgehead atoms. The number of amides is 4. The van der Waals surface area contributed by atoms with Gasteiger partial charge in [-0.2, -0.15) is 0 Å². The minimum atomic E-state index is -1.27. The monoisotopic (exact) mass is 525 g/mol. The first-order valence-electron chi connectivity index (χ1n) is 12.6. The molecule has 0 aliphatic heterocycles. The molecule has 1 heterocycles. The van der Waals surface area contributed by atoms with Crippen LogP contribution in [0.4, 0.5) is 0 Å². The number of benzene rings is 3. The molecule has 4 amide bonds. The van der Waals surface area contributed by atoms with E-state index < -0.39 is 36.2 Å². The SMILES string of the molecule is CN(Cc1ccccc1)C(=O)[C@H](Cc1ccccc1)NC(=O)[C@H](CC(N)=O)NC(=O)c1c[nH]c2ccccc12. The number of likely N-dealkylation sites (N-methyl/N-ethyl adjacent to an activating group) is 1. The highest BCUT2D eigenvalue weighted by molar-refractivity contribution is 6.08.